The van der Waals surface area contributed by atoms with E-state index >= 15 is 0 Å². The third kappa shape index (κ3) is 3.50. The van der Waals surface area contributed by atoms with Gasteiger partial charge in [0.1, 0.15) is 5.75 Å². The Labute approximate surface area is 114 Å². The Hall–Kier alpha value is -1.57. The molecule has 1 rings (SSSR count). The summed E-state index contributed by atoms with van der Waals surface area (Å²) < 4.78 is 65.6. The maximum absolute atomic E-state index is 12.7. The summed E-state index contributed by atoms with van der Waals surface area (Å²) >= 11 is 0. The number of alkyl halides is 3. The molecule has 0 bridgehead atoms. The van der Waals surface area contributed by atoms with E-state index in [4.69, 9.17) is 4.74 Å². The molecule has 1 aromatic carbocycles. The van der Waals surface area contributed by atoms with Crippen molar-refractivity contribution in [1.82, 2.24) is 0 Å². The molecule has 1 aromatic rings. The van der Waals surface area contributed by atoms with Crippen molar-refractivity contribution < 1.29 is 31.1 Å². The molecule has 20 heavy (non-hydrogen) atoms. The molecule has 4 nitrogen and oxygen atoms in total. The van der Waals surface area contributed by atoms with Crippen LogP contribution in [0, 0.1) is 0 Å². The second kappa shape index (κ2) is 5.08. The first-order valence-electron chi connectivity index (χ1n) is 5.43. The summed E-state index contributed by atoms with van der Waals surface area (Å²) in [4.78, 5) is 10.7. The summed E-state index contributed by atoms with van der Waals surface area (Å²) in [6.45, 7) is 1.62. The summed E-state index contributed by atoms with van der Waals surface area (Å²) in [5.74, 6) is -0.324. The van der Waals surface area contributed by atoms with Crippen LogP contribution >= 0.6 is 0 Å². The lowest BCUT2D eigenvalue weighted by Crippen LogP contribution is -2.44. The monoisotopic (exact) mass is 310 g/mol. The van der Waals surface area contributed by atoms with E-state index in [9.17, 15) is 26.4 Å². The van der Waals surface area contributed by atoms with Gasteiger partial charge in [-0.2, -0.15) is 13.2 Å². The Kier molecular flexibility index (Phi) is 4.19. The van der Waals surface area contributed by atoms with Gasteiger partial charge in [-0.1, -0.05) is 0 Å². The summed E-state index contributed by atoms with van der Waals surface area (Å²) in [5, 5.41) is 0. The molecule has 0 saturated carbocycles. The van der Waals surface area contributed by atoms with Crippen LogP contribution in [-0.4, -0.2) is 32.7 Å². The molecular weight excluding hydrogens is 297 g/mol. The van der Waals surface area contributed by atoms with E-state index in [2.05, 4.69) is 0 Å². The summed E-state index contributed by atoms with van der Waals surface area (Å²) in [7, 11) is -3.56. The number of sulfone groups is 1. The number of hydrogen-bond donors (Lipinski definition) is 0. The number of rotatable bonds is 4. The zero-order valence-corrected chi connectivity index (χ0v) is 11.8. The third-order valence-electron chi connectivity index (χ3n) is 2.58. The van der Waals surface area contributed by atoms with Gasteiger partial charge in [-0.25, -0.2) is 8.42 Å². The molecule has 0 amide bonds. The van der Waals surface area contributed by atoms with Crippen LogP contribution in [0.3, 0.4) is 0 Å². The molecule has 0 aliphatic carbocycles. The topological polar surface area (TPSA) is 60.4 Å². The molecule has 0 aliphatic rings. The average molecular weight is 310 g/mol. The van der Waals surface area contributed by atoms with Crippen LogP contribution in [0.1, 0.15) is 24.2 Å². The highest BCUT2D eigenvalue weighted by Gasteiger charge is 2.50. The van der Waals surface area contributed by atoms with E-state index in [1.807, 2.05) is 0 Å². The van der Waals surface area contributed by atoms with Crippen LogP contribution in [0.4, 0.5) is 13.2 Å². The highest BCUT2D eigenvalue weighted by molar-refractivity contribution is 7.90. The van der Waals surface area contributed by atoms with Gasteiger partial charge < -0.3 is 4.74 Å². The van der Waals surface area contributed by atoms with Crippen molar-refractivity contribution in [3.05, 3.63) is 23.8 Å². The third-order valence-corrected chi connectivity index (χ3v) is 3.69. The first-order valence-corrected chi connectivity index (χ1v) is 7.32. The van der Waals surface area contributed by atoms with Crippen molar-refractivity contribution in [2.75, 3.05) is 6.26 Å². The molecule has 0 spiro atoms. The second-order valence-corrected chi connectivity index (χ2v) is 6.72. The van der Waals surface area contributed by atoms with Crippen molar-refractivity contribution in [1.29, 1.82) is 0 Å². The van der Waals surface area contributed by atoms with Crippen molar-refractivity contribution in [3.63, 3.8) is 0 Å². The zero-order valence-electron chi connectivity index (χ0n) is 11.0. The molecule has 0 N–H and O–H groups in total. The first kappa shape index (κ1) is 16.5. The summed E-state index contributed by atoms with van der Waals surface area (Å²) in [5.41, 5.74) is -2.76. The Morgan fingerprint density at radius 3 is 2.15 bits per heavy atom. The van der Waals surface area contributed by atoms with Gasteiger partial charge in [0.05, 0.1) is 10.5 Å². The van der Waals surface area contributed by atoms with Crippen LogP contribution in [0.2, 0.25) is 0 Å². The molecule has 0 atom stereocenters. The number of carbonyl (C=O) groups excluding carboxylic acids is 1. The van der Waals surface area contributed by atoms with Crippen molar-refractivity contribution in [2.24, 2.45) is 0 Å². The number of benzene rings is 1. The number of carbonyl (C=O) groups is 1. The lowest BCUT2D eigenvalue weighted by atomic mass is 10.1. The number of ether oxygens (including phenoxy) is 1. The van der Waals surface area contributed by atoms with Gasteiger partial charge in [0, 0.05) is 6.26 Å². The molecule has 0 fully saturated rings. The maximum Gasteiger partial charge on any atom is 0.427 e. The number of hydrogen-bond acceptors (Lipinski definition) is 4. The Bertz CT molecular complexity index is 618. The minimum Gasteiger partial charge on any atom is -0.478 e. The van der Waals surface area contributed by atoms with Gasteiger partial charge in [0.25, 0.3) is 0 Å². The molecule has 0 saturated heterocycles. The number of aldehydes is 1. The SMILES string of the molecule is CC(C)(Oc1ccc(S(C)(=O)=O)cc1C=O)C(F)(F)F. The maximum atomic E-state index is 12.7. The lowest BCUT2D eigenvalue weighted by molar-refractivity contribution is -0.234. The molecule has 112 valence electrons. The molecule has 0 aromatic heterocycles. The van der Waals surface area contributed by atoms with Crippen LogP contribution in [0.5, 0.6) is 5.75 Å². The highest BCUT2D eigenvalue weighted by Crippen LogP contribution is 2.35. The normalized spacial score (nSPS) is 13.1. The van der Waals surface area contributed by atoms with E-state index in [1.165, 1.54) is 0 Å². The van der Waals surface area contributed by atoms with Crippen LogP contribution < -0.4 is 4.74 Å². The zero-order chi connectivity index (χ0) is 15.8. The quantitative estimate of drug-likeness (QED) is 0.802. The van der Waals surface area contributed by atoms with E-state index in [-0.39, 0.29) is 22.5 Å². The Morgan fingerprint density at radius 1 is 1.20 bits per heavy atom. The van der Waals surface area contributed by atoms with Crippen molar-refractivity contribution in [2.45, 2.75) is 30.5 Å². The molecule has 0 radical (unpaired) electrons. The minimum absolute atomic E-state index is 0.170. The Morgan fingerprint density at radius 2 is 1.75 bits per heavy atom. The van der Waals surface area contributed by atoms with Gasteiger partial charge in [0.15, 0.2) is 21.7 Å². The second-order valence-electron chi connectivity index (χ2n) is 4.70. The molecule has 0 unspecified atom stereocenters. The largest absolute Gasteiger partial charge is 0.478 e. The van der Waals surface area contributed by atoms with Crippen LogP contribution in [0.15, 0.2) is 23.1 Å². The van der Waals surface area contributed by atoms with Gasteiger partial charge >= 0.3 is 6.18 Å². The van der Waals surface area contributed by atoms with Gasteiger partial charge in [0.2, 0.25) is 0 Å². The molecular formula is C12H13F3O4S. The fourth-order valence-electron chi connectivity index (χ4n) is 1.27. The fraction of sp³-hybridized carbons (Fsp3) is 0.417. The number of halogens is 3. The standard InChI is InChI=1S/C12H13F3O4S/c1-11(2,12(13,14)15)19-10-5-4-9(20(3,17)18)6-8(10)7-16/h4-7H,1-3H3. The summed E-state index contributed by atoms with van der Waals surface area (Å²) in [6.07, 6.45) is -3.46. The Balaban J connectivity index is 3.25. The summed E-state index contributed by atoms with van der Waals surface area (Å²) in [6, 6.07) is 3.10. The van der Waals surface area contributed by atoms with Gasteiger partial charge in [-0.3, -0.25) is 4.79 Å². The van der Waals surface area contributed by atoms with Crippen molar-refractivity contribution in [3.8, 4) is 5.75 Å². The predicted octanol–water partition coefficient (Wildman–Crippen LogP) is 2.62. The van der Waals surface area contributed by atoms with Crippen molar-refractivity contribution >= 4 is 16.1 Å². The smallest absolute Gasteiger partial charge is 0.427 e. The highest BCUT2D eigenvalue weighted by atomic mass is 32.2. The van der Waals surface area contributed by atoms with Gasteiger partial charge in [-0.15, -0.1) is 0 Å². The first-order chi connectivity index (χ1) is 8.88. The van der Waals surface area contributed by atoms with E-state index in [0.717, 1.165) is 38.3 Å². The average Bonchev–Trinajstić information content (AvgIpc) is 2.26. The van der Waals surface area contributed by atoms with E-state index < -0.39 is 21.6 Å². The van der Waals surface area contributed by atoms with Crippen LogP contribution in [0.25, 0.3) is 0 Å². The lowest BCUT2D eigenvalue weighted by Gasteiger charge is -2.29. The van der Waals surface area contributed by atoms with E-state index in [1.54, 1.807) is 0 Å². The van der Waals surface area contributed by atoms with Crippen LogP contribution in [-0.2, 0) is 9.84 Å². The van der Waals surface area contributed by atoms with E-state index in [0.29, 0.717) is 0 Å². The molecule has 0 heterocycles. The van der Waals surface area contributed by atoms with Gasteiger partial charge in [-0.05, 0) is 32.0 Å². The molecule has 0 aliphatic heterocycles. The fourth-order valence-corrected chi connectivity index (χ4v) is 1.93. The predicted molar refractivity (Wildman–Crippen MR) is 65.7 cm³/mol. The molecule has 8 heteroatoms. The minimum atomic E-state index is -4.64.